The SMILES string of the molecule is O[C@H](C1CCCCC1)[C@@H]1CCCN1. The summed E-state index contributed by atoms with van der Waals surface area (Å²) in [5, 5.41) is 13.5. The van der Waals surface area contributed by atoms with Crippen LogP contribution in [0.1, 0.15) is 44.9 Å². The molecule has 1 heterocycles. The molecule has 13 heavy (non-hydrogen) atoms. The summed E-state index contributed by atoms with van der Waals surface area (Å²) in [6.45, 7) is 1.11. The number of nitrogens with one attached hydrogen (secondary N) is 1. The Labute approximate surface area is 80.7 Å². The van der Waals surface area contributed by atoms with Gasteiger partial charge in [0.2, 0.25) is 0 Å². The maximum absolute atomic E-state index is 10.1. The summed E-state index contributed by atoms with van der Waals surface area (Å²) in [5.41, 5.74) is 0. The quantitative estimate of drug-likeness (QED) is 0.682. The predicted molar refractivity (Wildman–Crippen MR) is 53.6 cm³/mol. The lowest BCUT2D eigenvalue weighted by Gasteiger charge is -2.30. The Kier molecular flexibility index (Phi) is 3.23. The van der Waals surface area contributed by atoms with Gasteiger partial charge in [-0.25, -0.2) is 0 Å². The monoisotopic (exact) mass is 183 g/mol. The van der Waals surface area contributed by atoms with Crippen molar-refractivity contribution in [2.24, 2.45) is 5.92 Å². The predicted octanol–water partition coefficient (Wildman–Crippen LogP) is 1.68. The van der Waals surface area contributed by atoms with Gasteiger partial charge in [0.15, 0.2) is 0 Å². The molecule has 2 nitrogen and oxygen atoms in total. The molecule has 0 spiro atoms. The molecular formula is C11H21NO. The van der Waals surface area contributed by atoms with Crippen LogP contribution in [0.25, 0.3) is 0 Å². The summed E-state index contributed by atoms with van der Waals surface area (Å²) in [4.78, 5) is 0. The van der Waals surface area contributed by atoms with E-state index in [2.05, 4.69) is 5.32 Å². The van der Waals surface area contributed by atoms with Crippen LogP contribution in [0.5, 0.6) is 0 Å². The fourth-order valence-electron chi connectivity index (χ4n) is 2.81. The Bertz CT molecular complexity index is 148. The van der Waals surface area contributed by atoms with Crippen LogP contribution in [-0.2, 0) is 0 Å². The van der Waals surface area contributed by atoms with E-state index in [1.807, 2.05) is 0 Å². The normalized spacial score (nSPS) is 33.5. The van der Waals surface area contributed by atoms with Crippen LogP contribution in [-0.4, -0.2) is 23.8 Å². The average molecular weight is 183 g/mol. The first-order valence-electron chi connectivity index (χ1n) is 5.79. The zero-order valence-electron chi connectivity index (χ0n) is 8.34. The molecule has 0 bridgehead atoms. The van der Waals surface area contributed by atoms with Crippen molar-refractivity contribution in [3.05, 3.63) is 0 Å². The second-order valence-electron chi connectivity index (χ2n) is 4.59. The summed E-state index contributed by atoms with van der Waals surface area (Å²) in [5.74, 6) is 0.587. The van der Waals surface area contributed by atoms with Gasteiger partial charge in [-0.15, -0.1) is 0 Å². The number of hydrogen-bond acceptors (Lipinski definition) is 2. The fraction of sp³-hybridized carbons (Fsp3) is 1.00. The van der Waals surface area contributed by atoms with Gasteiger partial charge in [-0.05, 0) is 38.1 Å². The van der Waals surface area contributed by atoms with Crippen LogP contribution < -0.4 is 5.32 Å². The summed E-state index contributed by atoms with van der Waals surface area (Å²) < 4.78 is 0. The van der Waals surface area contributed by atoms with Gasteiger partial charge >= 0.3 is 0 Å². The lowest BCUT2D eigenvalue weighted by atomic mass is 9.82. The first kappa shape index (κ1) is 9.47. The number of aliphatic hydroxyl groups is 1. The van der Waals surface area contributed by atoms with Crippen molar-refractivity contribution < 1.29 is 5.11 Å². The molecule has 2 N–H and O–H groups in total. The van der Waals surface area contributed by atoms with Crippen molar-refractivity contribution in [3.63, 3.8) is 0 Å². The highest BCUT2D eigenvalue weighted by molar-refractivity contribution is 4.86. The third-order valence-corrected chi connectivity index (χ3v) is 3.64. The van der Waals surface area contributed by atoms with Crippen molar-refractivity contribution in [2.45, 2.75) is 57.1 Å². The van der Waals surface area contributed by atoms with Crippen molar-refractivity contribution in [1.82, 2.24) is 5.32 Å². The zero-order chi connectivity index (χ0) is 9.10. The standard InChI is InChI=1S/C11H21NO/c13-11(10-7-4-8-12-10)9-5-2-1-3-6-9/h9-13H,1-8H2/t10-,11+/m0/s1. The Hall–Kier alpha value is -0.0800. The number of rotatable bonds is 2. The molecule has 0 aromatic heterocycles. The van der Waals surface area contributed by atoms with Crippen LogP contribution in [0, 0.1) is 5.92 Å². The summed E-state index contributed by atoms with van der Waals surface area (Å²) in [6, 6.07) is 0.406. The highest BCUT2D eigenvalue weighted by Gasteiger charge is 2.30. The van der Waals surface area contributed by atoms with Gasteiger partial charge in [-0.1, -0.05) is 19.3 Å². The van der Waals surface area contributed by atoms with Gasteiger partial charge in [-0.3, -0.25) is 0 Å². The van der Waals surface area contributed by atoms with E-state index in [9.17, 15) is 5.11 Å². The maximum atomic E-state index is 10.1. The molecule has 0 aromatic rings. The van der Waals surface area contributed by atoms with Gasteiger partial charge in [0, 0.05) is 6.04 Å². The Morgan fingerprint density at radius 1 is 1.00 bits per heavy atom. The first-order valence-corrected chi connectivity index (χ1v) is 5.79. The van der Waals surface area contributed by atoms with Crippen molar-refractivity contribution in [1.29, 1.82) is 0 Å². The van der Waals surface area contributed by atoms with Gasteiger partial charge in [0.05, 0.1) is 6.10 Å². The molecule has 2 rings (SSSR count). The van der Waals surface area contributed by atoms with Crippen LogP contribution in [0.3, 0.4) is 0 Å². The molecule has 2 atom stereocenters. The minimum atomic E-state index is -0.0669. The highest BCUT2D eigenvalue weighted by Crippen LogP contribution is 2.29. The van der Waals surface area contributed by atoms with E-state index in [0.717, 1.165) is 6.54 Å². The minimum absolute atomic E-state index is 0.0669. The van der Waals surface area contributed by atoms with E-state index in [4.69, 9.17) is 0 Å². The molecular weight excluding hydrogens is 162 g/mol. The van der Waals surface area contributed by atoms with Crippen LogP contribution >= 0.6 is 0 Å². The summed E-state index contributed by atoms with van der Waals surface area (Å²) >= 11 is 0. The van der Waals surface area contributed by atoms with Crippen LogP contribution in [0.4, 0.5) is 0 Å². The van der Waals surface area contributed by atoms with E-state index < -0.39 is 0 Å². The molecule has 0 radical (unpaired) electrons. The average Bonchev–Trinajstić information content (AvgIpc) is 2.71. The van der Waals surface area contributed by atoms with Crippen molar-refractivity contribution in [3.8, 4) is 0 Å². The Morgan fingerprint density at radius 2 is 1.77 bits per heavy atom. The molecule has 76 valence electrons. The van der Waals surface area contributed by atoms with E-state index in [-0.39, 0.29) is 6.10 Å². The first-order chi connectivity index (χ1) is 6.38. The molecule has 1 aliphatic heterocycles. The smallest absolute Gasteiger partial charge is 0.0721 e. The van der Waals surface area contributed by atoms with E-state index >= 15 is 0 Å². The van der Waals surface area contributed by atoms with Gasteiger partial charge in [0.25, 0.3) is 0 Å². The number of hydrogen-bond donors (Lipinski definition) is 2. The number of aliphatic hydroxyl groups excluding tert-OH is 1. The molecule has 1 saturated carbocycles. The van der Waals surface area contributed by atoms with Crippen LogP contribution in [0.2, 0.25) is 0 Å². The summed E-state index contributed by atoms with van der Waals surface area (Å²) in [6.07, 6.45) is 8.89. The fourth-order valence-corrected chi connectivity index (χ4v) is 2.81. The molecule has 0 aromatic carbocycles. The van der Waals surface area contributed by atoms with Gasteiger partial charge < -0.3 is 10.4 Å². The molecule has 0 amide bonds. The molecule has 2 aliphatic rings. The second-order valence-corrected chi connectivity index (χ2v) is 4.59. The van der Waals surface area contributed by atoms with Gasteiger partial charge in [0.1, 0.15) is 0 Å². The molecule has 2 fully saturated rings. The van der Waals surface area contributed by atoms with E-state index in [1.54, 1.807) is 0 Å². The molecule has 1 aliphatic carbocycles. The molecule has 2 heteroatoms. The minimum Gasteiger partial charge on any atom is -0.391 e. The highest BCUT2D eigenvalue weighted by atomic mass is 16.3. The molecule has 0 unspecified atom stereocenters. The summed E-state index contributed by atoms with van der Waals surface area (Å²) in [7, 11) is 0. The van der Waals surface area contributed by atoms with Gasteiger partial charge in [-0.2, -0.15) is 0 Å². The largest absolute Gasteiger partial charge is 0.391 e. The Balaban J connectivity index is 1.83. The lowest BCUT2D eigenvalue weighted by molar-refractivity contribution is 0.0561. The van der Waals surface area contributed by atoms with Crippen molar-refractivity contribution >= 4 is 0 Å². The maximum Gasteiger partial charge on any atom is 0.0721 e. The van der Waals surface area contributed by atoms with E-state index in [0.29, 0.717) is 12.0 Å². The third kappa shape index (κ3) is 2.23. The lowest BCUT2D eigenvalue weighted by Crippen LogP contribution is -2.40. The Morgan fingerprint density at radius 3 is 2.38 bits per heavy atom. The van der Waals surface area contributed by atoms with Crippen molar-refractivity contribution in [2.75, 3.05) is 6.54 Å². The second kappa shape index (κ2) is 4.43. The van der Waals surface area contributed by atoms with E-state index in [1.165, 1.54) is 44.9 Å². The molecule has 1 saturated heterocycles. The topological polar surface area (TPSA) is 32.3 Å². The van der Waals surface area contributed by atoms with Crippen LogP contribution in [0.15, 0.2) is 0 Å². The third-order valence-electron chi connectivity index (χ3n) is 3.64. The zero-order valence-corrected chi connectivity index (χ0v) is 8.34.